The number of hydrogen-bond acceptors (Lipinski definition) is 15. The zero-order chi connectivity index (χ0) is 55.8. The highest BCUT2D eigenvalue weighted by Gasteiger charge is 2.44. The van der Waals surface area contributed by atoms with Crippen LogP contribution >= 0.6 is 11.3 Å². The van der Waals surface area contributed by atoms with Crippen LogP contribution in [0.4, 0.5) is 5.69 Å². The van der Waals surface area contributed by atoms with Crippen LogP contribution in [0.1, 0.15) is 112 Å². The number of aliphatic hydroxyl groups excluding tert-OH is 1. The van der Waals surface area contributed by atoms with Gasteiger partial charge in [0.05, 0.1) is 40.4 Å². The van der Waals surface area contributed by atoms with E-state index < -0.39 is 41.0 Å². The van der Waals surface area contributed by atoms with Crippen molar-refractivity contribution < 1.29 is 38.5 Å². The number of aromatic nitrogens is 5. The van der Waals surface area contributed by atoms with E-state index in [2.05, 4.69) is 46.7 Å². The van der Waals surface area contributed by atoms with Gasteiger partial charge in [0.25, 0.3) is 5.91 Å². The van der Waals surface area contributed by atoms with Gasteiger partial charge in [0, 0.05) is 68.5 Å². The number of piperidine rings is 1. The van der Waals surface area contributed by atoms with Crippen molar-refractivity contribution in [3.8, 4) is 27.6 Å². The van der Waals surface area contributed by atoms with Gasteiger partial charge in [-0.3, -0.25) is 29.3 Å². The number of anilines is 1. The molecule has 19 nitrogen and oxygen atoms in total. The maximum absolute atomic E-state index is 14.0. The fraction of sp³-hybridized carbons (Fsp3) is 0.458. The molecule has 3 aromatic carbocycles. The summed E-state index contributed by atoms with van der Waals surface area (Å²) in [4.78, 5) is 70.0. The maximum atomic E-state index is 14.0. The minimum absolute atomic E-state index is 0.00936. The van der Waals surface area contributed by atoms with Gasteiger partial charge in [-0.25, -0.2) is 9.97 Å². The smallest absolute Gasteiger partial charge is 0.251 e. The summed E-state index contributed by atoms with van der Waals surface area (Å²) in [6.07, 6.45) is 7.45. The summed E-state index contributed by atoms with van der Waals surface area (Å²) in [5, 5.41) is 34.4. The van der Waals surface area contributed by atoms with Crippen molar-refractivity contribution in [2.45, 2.75) is 116 Å². The standard InChI is InChI=1S/C59H75N11O8S/c1-39(64-54(73)45-13-9-14-46(32-45)67-59(22-26-61-27-23-59)57-66-53(68-69-57)43-20-24-60-25-21-43)44-12-10-15-48(33-44)78-31-8-6-7-28-76-29-11-30-77-37-50(72)65-52(58(3,4)5)56(75)70-36-47(71)34-49(70)55(74)62-35-41-16-18-42(19-17-41)51-40(2)63-38-79-51/h9-10,12-21,24-25,32-33,38-39,47,49,52,61,67,71H,6-8,11,22-23,26-31,34-37H2,1-5H3,(H,62,74)(H,64,73)(H,65,72)(H,66,68,69)/t39-,47-,49+,52-/m1/s1. The van der Waals surface area contributed by atoms with Gasteiger partial charge in [0.2, 0.25) is 17.7 Å². The highest BCUT2D eigenvalue weighted by atomic mass is 32.1. The van der Waals surface area contributed by atoms with Crippen LogP contribution in [0.15, 0.2) is 103 Å². The summed E-state index contributed by atoms with van der Waals surface area (Å²) in [6.45, 7) is 13.0. The Bertz CT molecular complexity index is 2940. The molecule has 2 aliphatic heterocycles. The second-order valence-electron chi connectivity index (χ2n) is 21.4. The third-order valence-corrected chi connectivity index (χ3v) is 15.2. The number of β-amino-alcohol motifs (C(OH)–C–C–N with tert-alkyl or cyclic N) is 1. The minimum atomic E-state index is -0.951. The molecule has 420 valence electrons. The van der Waals surface area contributed by atoms with Gasteiger partial charge in [-0.15, -0.1) is 11.3 Å². The number of thiazole rings is 1. The molecule has 0 bridgehead atoms. The molecular weight excluding hydrogens is 1020 g/mol. The second kappa shape index (κ2) is 27.7. The lowest BCUT2D eigenvalue weighted by Crippen LogP contribution is -2.58. The number of nitrogens with zero attached hydrogens (tertiary/aromatic N) is 5. The third-order valence-electron chi connectivity index (χ3n) is 14.3. The number of carbonyl (C=O) groups is 4. The second-order valence-corrected chi connectivity index (χ2v) is 22.3. The van der Waals surface area contributed by atoms with Crippen molar-refractivity contribution in [1.82, 2.24) is 51.3 Å². The molecule has 20 heteroatoms. The van der Waals surface area contributed by atoms with E-state index in [-0.39, 0.29) is 44.0 Å². The molecule has 2 saturated heterocycles. The molecule has 2 aliphatic rings. The number of likely N-dealkylation sites (tertiary alicyclic amines) is 1. The first-order valence-electron chi connectivity index (χ1n) is 27.3. The van der Waals surface area contributed by atoms with Crippen LogP contribution in [-0.4, -0.2) is 130 Å². The Morgan fingerprint density at radius 1 is 0.873 bits per heavy atom. The Labute approximate surface area is 466 Å². The Kier molecular flexibility index (Phi) is 20.3. The molecule has 2 fully saturated rings. The molecule has 7 N–H and O–H groups in total. The quantitative estimate of drug-likeness (QED) is 0.0264. The van der Waals surface area contributed by atoms with E-state index in [1.54, 1.807) is 23.7 Å². The van der Waals surface area contributed by atoms with Gasteiger partial charge < -0.3 is 50.8 Å². The van der Waals surface area contributed by atoms with E-state index in [1.165, 1.54) is 4.90 Å². The molecule has 3 aromatic heterocycles. The first-order chi connectivity index (χ1) is 38.2. The minimum Gasteiger partial charge on any atom is -0.494 e. The van der Waals surface area contributed by atoms with Gasteiger partial charge in [-0.05, 0) is 130 Å². The van der Waals surface area contributed by atoms with Crippen LogP contribution in [0.2, 0.25) is 0 Å². The number of aliphatic hydroxyl groups is 1. The number of unbranched alkanes of at least 4 members (excludes halogenated alkanes) is 2. The van der Waals surface area contributed by atoms with Crippen LogP contribution in [0, 0.1) is 12.3 Å². The highest BCUT2D eigenvalue weighted by molar-refractivity contribution is 7.13. The molecule has 0 spiro atoms. The van der Waals surface area contributed by atoms with E-state index in [9.17, 15) is 24.3 Å². The molecule has 6 aromatic rings. The summed E-state index contributed by atoms with van der Waals surface area (Å²) in [5.74, 6) is 0.668. The summed E-state index contributed by atoms with van der Waals surface area (Å²) in [7, 11) is 0. The highest BCUT2D eigenvalue weighted by Crippen LogP contribution is 2.35. The molecular formula is C59H75N11O8S. The van der Waals surface area contributed by atoms with Crippen molar-refractivity contribution in [3.05, 3.63) is 131 Å². The predicted molar refractivity (Wildman–Crippen MR) is 303 cm³/mol. The number of amides is 4. The van der Waals surface area contributed by atoms with Crippen molar-refractivity contribution in [2.24, 2.45) is 5.41 Å². The van der Waals surface area contributed by atoms with Crippen molar-refractivity contribution >= 4 is 40.7 Å². The number of pyridine rings is 1. The molecule has 0 unspecified atom stereocenters. The van der Waals surface area contributed by atoms with Crippen LogP contribution in [-0.2, 0) is 35.9 Å². The fourth-order valence-corrected chi connectivity index (χ4v) is 10.6. The van der Waals surface area contributed by atoms with Crippen LogP contribution in [0.5, 0.6) is 5.75 Å². The predicted octanol–water partition coefficient (Wildman–Crippen LogP) is 7.26. The number of nitrogens with one attached hydrogen (secondary N) is 6. The third kappa shape index (κ3) is 16.0. The van der Waals surface area contributed by atoms with E-state index in [0.717, 1.165) is 95.3 Å². The zero-order valence-corrected chi connectivity index (χ0v) is 46.7. The summed E-state index contributed by atoms with van der Waals surface area (Å²) in [6, 6.07) is 24.9. The van der Waals surface area contributed by atoms with Gasteiger partial charge in [0.1, 0.15) is 24.4 Å². The lowest BCUT2D eigenvalue weighted by molar-refractivity contribution is -0.144. The number of carbonyl (C=O) groups excluding carboxylic acids is 4. The van der Waals surface area contributed by atoms with Crippen LogP contribution in [0.25, 0.3) is 21.8 Å². The van der Waals surface area contributed by atoms with Crippen molar-refractivity contribution in [3.63, 3.8) is 0 Å². The molecule has 79 heavy (non-hydrogen) atoms. The van der Waals surface area contributed by atoms with Crippen LogP contribution < -0.4 is 31.3 Å². The Balaban J connectivity index is 0.689. The van der Waals surface area contributed by atoms with E-state index in [1.807, 2.05) is 125 Å². The fourth-order valence-electron chi connectivity index (χ4n) is 9.82. The Hall–Kier alpha value is -7.10. The largest absolute Gasteiger partial charge is 0.494 e. The van der Waals surface area contributed by atoms with Crippen molar-refractivity contribution in [1.29, 1.82) is 0 Å². The molecule has 0 radical (unpaired) electrons. The number of aromatic amines is 1. The first kappa shape index (κ1) is 58.1. The summed E-state index contributed by atoms with van der Waals surface area (Å²) < 4.78 is 17.6. The molecule has 4 amide bonds. The number of aryl methyl sites for hydroxylation is 1. The molecule has 0 saturated carbocycles. The molecule has 0 aliphatic carbocycles. The van der Waals surface area contributed by atoms with Crippen LogP contribution in [0.3, 0.4) is 0 Å². The zero-order valence-electron chi connectivity index (χ0n) is 45.9. The molecule has 5 heterocycles. The summed E-state index contributed by atoms with van der Waals surface area (Å²) in [5.41, 5.74) is 6.71. The number of benzene rings is 3. The van der Waals surface area contributed by atoms with Crippen molar-refractivity contribution in [2.75, 3.05) is 58.0 Å². The van der Waals surface area contributed by atoms with E-state index in [0.29, 0.717) is 44.2 Å². The maximum Gasteiger partial charge on any atom is 0.251 e. The van der Waals surface area contributed by atoms with E-state index in [4.69, 9.17) is 19.2 Å². The van der Waals surface area contributed by atoms with Gasteiger partial charge in [-0.1, -0.05) is 63.2 Å². The van der Waals surface area contributed by atoms with Gasteiger partial charge in [0.15, 0.2) is 11.6 Å². The number of ether oxygens (including phenoxy) is 3. The average Bonchev–Trinajstić information content (AvgIpc) is 4.31. The van der Waals surface area contributed by atoms with Gasteiger partial charge >= 0.3 is 0 Å². The SMILES string of the molecule is Cc1ncsc1-c1ccc(CNC(=O)[C@@H]2C[C@@H](O)CN2C(=O)[C@@H](NC(=O)COCCCOCCCCCOc2cccc([C@@H](C)NC(=O)c3cccc(NC4(c5nc(-c6ccncc6)n[nH]5)CCNCC4)c3)c2)C(C)(C)C)cc1. The monoisotopic (exact) mass is 1100 g/mol. The lowest BCUT2D eigenvalue weighted by Gasteiger charge is -2.37. The topological polar surface area (TPSA) is 247 Å². The molecule has 4 atom stereocenters. The van der Waals surface area contributed by atoms with E-state index >= 15 is 0 Å². The number of rotatable bonds is 26. The normalized spacial score (nSPS) is 16.9. The average molecular weight is 1100 g/mol. The number of hydrogen-bond donors (Lipinski definition) is 7. The lowest BCUT2D eigenvalue weighted by atomic mass is 9.85. The summed E-state index contributed by atoms with van der Waals surface area (Å²) >= 11 is 1.57. The first-order valence-corrected chi connectivity index (χ1v) is 28.2. The Morgan fingerprint density at radius 2 is 1.62 bits per heavy atom. The number of H-pyrrole nitrogens is 1. The molecule has 8 rings (SSSR count). The van der Waals surface area contributed by atoms with Gasteiger partial charge in [-0.2, -0.15) is 5.10 Å². The Morgan fingerprint density at radius 3 is 2.38 bits per heavy atom.